The first-order valence-electron chi connectivity index (χ1n) is 13.4. The number of aryl methyl sites for hydroxylation is 1. The highest BCUT2D eigenvalue weighted by Gasteiger charge is 2.31. The van der Waals surface area contributed by atoms with Crippen LogP contribution in [0, 0.1) is 6.92 Å². The summed E-state index contributed by atoms with van der Waals surface area (Å²) in [5.74, 6) is -0.627. The van der Waals surface area contributed by atoms with E-state index in [9.17, 15) is 23.2 Å². The van der Waals surface area contributed by atoms with Crippen molar-refractivity contribution in [2.24, 2.45) is 0 Å². The summed E-state index contributed by atoms with van der Waals surface area (Å²) >= 11 is 0. The van der Waals surface area contributed by atoms with Crippen molar-refractivity contribution in [3.8, 4) is 5.75 Å². The van der Waals surface area contributed by atoms with E-state index in [-0.39, 0.29) is 22.1 Å². The maximum atomic E-state index is 13.9. The zero-order valence-electron chi connectivity index (χ0n) is 23.9. The summed E-state index contributed by atoms with van der Waals surface area (Å²) in [5.41, 5.74) is 3.87. The minimum Gasteiger partial charge on any atom is -0.497 e. The molecule has 222 valence electrons. The molecule has 1 atom stereocenters. The van der Waals surface area contributed by atoms with E-state index >= 15 is 0 Å². The molecule has 3 N–H and O–H groups in total. The van der Waals surface area contributed by atoms with Crippen molar-refractivity contribution in [3.63, 3.8) is 0 Å². The summed E-state index contributed by atoms with van der Waals surface area (Å²) in [6.07, 6.45) is 5.91. The number of likely N-dealkylation sites (N-methyl/N-ethyl adjacent to an activating group) is 1. The molecule has 11 heteroatoms. The molecule has 1 unspecified atom stereocenters. The van der Waals surface area contributed by atoms with E-state index in [2.05, 4.69) is 10.3 Å². The third-order valence-corrected chi connectivity index (χ3v) is 8.67. The van der Waals surface area contributed by atoms with Gasteiger partial charge in [-0.05, 0) is 85.6 Å². The molecule has 4 rings (SSSR count). The zero-order chi connectivity index (χ0) is 31.0. The molecule has 1 aromatic heterocycles. The molecule has 0 fully saturated rings. The van der Waals surface area contributed by atoms with Crippen molar-refractivity contribution in [2.45, 2.75) is 24.1 Å². The maximum Gasteiger partial charge on any atom is 0.276 e. The number of rotatable bonds is 11. The number of hydrogen-bond donors (Lipinski definition) is 3. The van der Waals surface area contributed by atoms with Gasteiger partial charge < -0.3 is 15.0 Å². The molecule has 0 saturated heterocycles. The first kappa shape index (κ1) is 30.9. The lowest BCUT2D eigenvalue weighted by atomic mass is 10.0. The molecule has 0 bridgehead atoms. The lowest BCUT2D eigenvalue weighted by molar-refractivity contribution is -0.114. The van der Waals surface area contributed by atoms with Crippen molar-refractivity contribution < 1.29 is 28.0 Å². The van der Waals surface area contributed by atoms with Crippen LogP contribution in [0.3, 0.4) is 0 Å². The monoisotopic (exact) mass is 600 g/mol. The maximum absolute atomic E-state index is 13.9. The number of pyridine rings is 1. The number of para-hydroxylation sites is 1. The lowest BCUT2D eigenvalue weighted by Gasteiger charge is -2.24. The fourth-order valence-corrected chi connectivity index (χ4v) is 6.14. The number of amides is 2. The molecule has 0 saturated carbocycles. The molecule has 43 heavy (non-hydrogen) atoms. The number of hydrogen-bond acceptors (Lipinski definition) is 8. The van der Waals surface area contributed by atoms with Gasteiger partial charge in [0.05, 0.1) is 23.3 Å². The number of ether oxygens (including phenoxy) is 1. The summed E-state index contributed by atoms with van der Waals surface area (Å²) in [7, 11) is -2.59. The van der Waals surface area contributed by atoms with Gasteiger partial charge in [-0.1, -0.05) is 24.3 Å². The van der Waals surface area contributed by atoms with Crippen molar-refractivity contribution in [2.75, 3.05) is 23.9 Å². The second-order valence-electron chi connectivity index (χ2n) is 9.48. The molecular weight excluding hydrogens is 568 g/mol. The van der Waals surface area contributed by atoms with E-state index in [1.54, 1.807) is 53.7 Å². The molecule has 0 aliphatic heterocycles. The van der Waals surface area contributed by atoms with Crippen LogP contribution in [0.15, 0.2) is 102 Å². The van der Waals surface area contributed by atoms with Crippen molar-refractivity contribution >= 4 is 39.1 Å². The number of methoxy groups -OCH3 is 1. The van der Waals surface area contributed by atoms with Crippen LogP contribution in [0.2, 0.25) is 0 Å². The topological polar surface area (TPSA) is 138 Å². The third-order valence-electron chi connectivity index (χ3n) is 6.73. The number of carbonyl (C=O) groups is 2. The van der Waals surface area contributed by atoms with Gasteiger partial charge in [0.15, 0.2) is 5.37 Å². The Kier molecular flexibility index (Phi) is 9.91. The Morgan fingerprint density at radius 2 is 1.77 bits per heavy atom. The highest BCUT2D eigenvalue weighted by molar-refractivity contribution is 7.91. The fraction of sp³-hybridized carbons (Fsp3) is 0.156. The summed E-state index contributed by atoms with van der Waals surface area (Å²) in [4.78, 5) is 31.6. The number of nitrogens with one attached hydrogen (secondary N) is 2. The zero-order valence-corrected chi connectivity index (χ0v) is 24.7. The summed E-state index contributed by atoms with van der Waals surface area (Å²) in [6.45, 7) is 4.01. The number of nitrogens with zero attached hydrogens (tertiary/aromatic N) is 2. The first-order chi connectivity index (χ1) is 20.7. The molecule has 10 nitrogen and oxygen atoms in total. The minimum absolute atomic E-state index is 0.0242. The molecule has 4 aromatic rings. The van der Waals surface area contributed by atoms with Crippen LogP contribution in [0.5, 0.6) is 5.75 Å². The Balaban J connectivity index is 1.74. The van der Waals surface area contributed by atoms with Crippen LogP contribution in [0.4, 0.5) is 11.4 Å². The van der Waals surface area contributed by atoms with Crippen molar-refractivity contribution in [3.05, 3.63) is 120 Å². The molecule has 3 aromatic carbocycles. The van der Waals surface area contributed by atoms with Gasteiger partial charge in [-0.15, -0.1) is 0 Å². The number of anilines is 2. The van der Waals surface area contributed by atoms with E-state index in [0.717, 1.165) is 5.69 Å². The van der Waals surface area contributed by atoms with Gasteiger partial charge in [-0.2, -0.15) is 0 Å². The van der Waals surface area contributed by atoms with E-state index < -0.39 is 21.1 Å². The highest BCUT2D eigenvalue weighted by atomic mass is 32.2. The lowest BCUT2D eigenvalue weighted by Crippen LogP contribution is -2.28. The Labute approximate surface area is 250 Å². The van der Waals surface area contributed by atoms with Crippen LogP contribution in [0.1, 0.15) is 39.3 Å². The number of hydroxylamine groups is 1. The Bertz CT molecular complexity index is 1710. The SMILES string of the molecule is CCN(C(=O)C=Cc1cc(C)c(NC(c2cccnc2)S(=O)(=O)c2ccc(OC)cc2)c(C(=O)NO)c1)c1ccccc1. The standard InChI is InChI=1S/C32H32N4O6S/c1-4-36(25-10-6-5-7-11-25)29(37)17-12-23-19-22(2)30(28(20-23)31(38)35-39)34-32(24-9-8-18-33-21-24)43(40,41)27-15-13-26(42-3)14-16-27/h5-21,32,34,39H,4H2,1-3H3,(H,35,38). The van der Waals surface area contributed by atoms with Gasteiger partial charge in [0.25, 0.3) is 11.8 Å². The van der Waals surface area contributed by atoms with Crippen molar-refractivity contribution in [1.82, 2.24) is 10.5 Å². The summed E-state index contributed by atoms with van der Waals surface area (Å²) < 4.78 is 33.0. The third kappa shape index (κ3) is 7.08. The Morgan fingerprint density at radius 1 is 1.05 bits per heavy atom. The van der Waals surface area contributed by atoms with Crippen LogP contribution >= 0.6 is 0 Å². The molecule has 2 amide bonds. The minimum atomic E-state index is -4.08. The predicted octanol–water partition coefficient (Wildman–Crippen LogP) is 5.17. The average Bonchev–Trinajstić information content (AvgIpc) is 3.03. The van der Waals surface area contributed by atoms with Crippen LogP contribution in [0.25, 0.3) is 6.08 Å². The van der Waals surface area contributed by atoms with Gasteiger partial charge in [0, 0.05) is 36.3 Å². The van der Waals surface area contributed by atoms with E-state index in [0.29, 0.717) is 29.0 Å². The fourth-order valence-electron chi connectivity index (χ4n) is 4.58. The molecular formula is C32H32N4O6S. The number of carbonyl (C=O) groups excluding carboxylic acids is 2. The Hall–Kier alpha value is -5.00. The van der Waals surface area contributed by atoms with Crippen LogP contribution < -0.4 is 20.4 Å². The van der Waals surface area contributed by atoms with Gasteiger partial charge >= 0.3 is 0 Å². The molecule has 0 aliphatic rings. The quantitative estimate of drug-likeness (QED) is 0.122. The predicted molar refractivity (Wildman–Crippen MR) is 165 cm³/mol. The second kappa shape index (κ2) is 13.8. The van der Waals surface area contributed by atoms with E-state index in [1.807, 2.05) is 37.3 Å². The van der Waals surface area contributed by atoms with Crippen LogP contribution in [-0.2, 0) is 14.6 Å². The summed E-state index contributed by atoms with van der Waals surface area (Å²) in [5, 5.41) is 11.2. The average molecular weight is 601 g/mol. The van der Waals surface area contributed by atoms with Gasteiger partial charge in [0.2, 0.25) is 9.84 Å². The Morgan fingerprint density at radius 3 is 2.37 bits per heavy atom. The van der Waals surface area contributed by atoms with Crippen LogP contribution in [-0.4, -0.2) is 44.1 Å². The van der Waals surface area contributed by atoms with Gasteiger partial charge in [0.1, 0.15) is 5.75 Å². The molecule has 0 spiro atoms. The van der Waals surface area contributed by atoms with E-state index in [4.69, 9.17) is 4.74 Å². The number of benzene rings is 3. The number of aromatic nitrogens is 1. The summed E-state index contributed by atoms with van der Waals surface area (Å²) in [6, 6.07) is 21.6. The second-order valence-corrected chi connectivity index (χ2v) is 11.5. The molecule has 1 heterocycles. The highest BCUT2D eigenvalue weighted by Crippen LogP contribution is 2.34. The largest absolute Gasteiger partial charge is 0.497 e. The normalized spacial score (nSPS) is 12.0. The smallest absolute Gasteiger partial charge is 0.276 e. The molecule has 0 aliphatic carbocycles. The van der Waals surface area contributed by atoms with E-state index in [1.165, 1.54) is 43.8 Å². The van der Waals surface area contributed by atoms with Crippen molar-refractivity contribution in [1.29, 1.82) is 0 Å². The van der Waals surface area contributed by atoms with Gasteiger partial charge in [-0.3, -0.25) is 19.8 Å². The molecule has 0 radical (unpaired) electrons. The van der Waals surface area contributed by atoms with Gasteiger partial charge in [-0.25, -0.2) is 13.9 Å². The first-order valence-corrected chi connectivity index (χ1v) is 14.9. The number of sulfone groups is 1.